The van der Waals surface area contributed by atoms with Crippen LogP contribution in [-0.4, -0.2) is 19.6 Å². The first-order chi connectivity index (χ1) is 15.9. The first kappa shape index (κ1) is 20.8. The molecule has 0 radical (unpaired) electrons. The van der Waals surface area contributed by atoms with Crippen LogP contribution in [0.3, 0.4) is 0 Å². The van der Waals surface area contributed by atoms with E-state index in [2.05, 4.69) is 11.2 Å². The Labute approximate surface area is 194 Å². The minimum Gasteiger partial charge on any atom is -0.422 e. The topological polar surface area (TPSA) is 94.7 Å². The van der Waals surface area contributed by atoms with Gasteiger partial charge in [0.05, 0.1) is 28.6 Å². The summed E-state index contributed by atoms with van der Waals surface area (Å²) in [6.45, 7) is 1.87. The Bertz CT molecular complexity index is 1440. The number of halogens is 2. The molecule has 0 aliphatic carbocycles. The Balaban J connectivity index is 1.90. The lowest BCUT2D eigenvalue weighted by Crippen LogP contribution is -2.23. The van der Waals surface area contributed by atoms with E-state index in [9.17, 15) is 5.26 Å². The highest BCUT2D eigenvalue weighted by molar-refractivity contribution is 6.31. The van der Waals surface area contributed by atoms with Crippen molar-refractivity contribution in [3.8, 4) is 29.0 Å². The molecule has 1 unspecified atom stereocenters. The summed E-state index contributed by atoms with van der Waals surface area (Å²) in [6, 6.07) is 17.7. The number of benzene rings is 2. The molecule has 1 aliphatic rings. The molecule has 0 saturated heterocycles. The van der Waals surface area contributed by atoms with Gasteiger partial charge < -0.3 is 10.5 Å². The van der Waals surface area contributed by atoms with Crippen LogP contribution < -0.4 is 10.5 Å². The van der Waals surface area contributed by atoms with Crippen molar-refractivity contribution in [1.29, 1.82) is 5.26 Å². The summed E-state index contributed by atoms with van der Waals surface area (Å²) < 4.78 is 24.4. The number of fused-ring (bicyclic) bond motifs is 1. The van der Waals surface area contributed by atoms with Gasteiger partial charge in [0.15, 0.2) is 0 Å². The maximum Gasteiger partial charge on any atom is 0.229 e. The molecule has 1 aliphatic heterocycles. The minimum absolute atomic E-state index is 0.0576. The molecule has 164 valence electrons. The molecule has 33 heavy (non-hydrogen) atoms. The predicted molar refractivity (Wildman–Crippen MR) is 121 cm³/mol. The van der Waals surface area contributed by atoms with Crippen LogP contribution in [-0.2, 0) is 7.05 Å². The maximum atomic E-state index is 15.2. The summed E-state index contributed by atoms with van der Waals surface area (Å²) >= 11 is 6.46. The van der Waals surface area contributed by atoms with Gasteiger partial charge in [-0.25, -0.2) is 4.39 Å². The second kappa shape index (κ2) is 7.80. The van der Waals surface area contributed by atoms with Crippen LogP contribution in [0.5, 0.6) is 5.88 Å². The van der Waals surface area contributed by atoms with E-state index in [1.54, 1.807) is 22.5 Å². The van der Waals surface area contributed by atoms with E-state index in [0.29, 0.717) is 22.6 Å². The Kier molecular flexibility index (Phi) is 4.91. The summed E-state index contributed by atoms with van der Waals surface area (Å²) in [5, 5.41) is 19.4. The number of ether oxygens (including phenoxy) is 1. The highest BCUT2D eigenvalue weighted by Crippen LogP contribution is 2.49. The molecule has 1 atom stereocenters. The number of hydrogen-bond acceptors (Lipinski definition) is 5. The van der Waals surface area contributed by atoms with Gasteiger partial charge in [-0.1, -0.05) is 35.9 Å². The number of allylic oxidation sites excluding steroid dienone is 1. The van der Waals surface area contributed by atoms with Crippen LogP contribution in [0.25, 0.3) is 17.1 Å². The van der Waals surface area contributed by atoms with Gasteiger partial charge in [0.2, 0.25) is 11.8 Å². The summed E-state index contributed by atoms with van der Waals surface area (Å²) in [4.78, 5) is 0. The number of rotatable bonds is 3. The van der Waals surface area contributed by atoms with E-state index < -0.39 is 11.7 Å². The molecule has 2 aromatic carbocycles. The van der Waals surface area contributed by atoms with E-state index in [1.807, 2.05) is 43.3 Å². The molecule has 0 saturated carbocycles. The van der Waals surface area contributed by atoms with Crippen LogP contribution in [0.15, 0.2) is 66.1 Å². The van der Waals surface area contributed by atoms with E-state index in [4.69, 9.17) is 27.2 Å². The third kappa shape index (κ3) is 3.25. The van der Waals surface area contributed by atoms with Gasteiger partial charge in [0.1, 0.15) is 23.2 Å². The average molecular weight is 461 g/mol. The highest BCUT2D eigenvalue weighted by atomic mass is 35.5. The number of nitriles is 1. The molecule has 3 heterocycles. The van der Waals surface area contributed by atoms with Crippen molar-refractivity contribution in [2.24, 2.45) is 12.8 Å². The quantitative estimate of drug-likeness (QED) is 0.482. The zero-order chi connectivity index (χ0) is 23.3. The second-order valence-electron chi connectivity index (χ2n) is 7.67. The van der Waals surface area contributed by atoms with Gasteiger partial charge in [-0.05, 0) is 37.3 Å². The smallest absolute Gasteiger partial charge is 0.229 e. The number of nitrogens with two attached hydrogens (primary N) is 1. The first-order valence-electron chi connectivity index (χ1n) is 10.1. The molecule has 7 nitrogen and oxygen atoms in total. The maximum absolute atomic E-state index is 15.2. The van der Waals surface area contributed by atoms with Crippen molar-refractivity contribution in [3.05, 3.63) is 93.7 Å². The molecule has 0 fully saturated rings. The molecule has 0 bridgehead atoms. The lowest BCUT2D eigenvalue weighted by molar-refractivity contribution is 0.366. The lowest BCUT2D eigenvalue weighted by Gasteiger charge is -2.26. The second-order valence-corrected chi connectivity index (χ2v) is 8.08. The number of aryl methyl sites for hydroxylation is 2. The molecule has 9 heteroatoms. The largest absolute Gasteiger partial charge is 0.422 e. The Hall–Kier alpha value is -4.09. The average Bonchev–Trinajstić information content (AvgIpc) is 3.32. The van der Waals surface area contributed by atoms with Crippen molar-refractivity contribution in [3.63, 3.8) is 0 Å². The standard InChI is InChI=1S/C24H18ClFN6O/c1-13-11-18(31(2)29-13)22-21-19(20-16(25)9-6-10-17(20)26)15(12-27)23(28)33-24(21)32(30-22)14-7-4-3-5-8-14/h3-11,19H,28H2,1-2H3. The number of para-hydroxylation sites is 1. The van der Waals surface area contributed by atoms with E-state index >= 15 is 4.39 Å². The van der Waals surface area contributed by atoms with Gasteiger partial charge in [-0.2, -0.15) is 20.1 Å². The van der Waals surface area contributed by atoms with Crippen LogP contribution in [0, 0.1) is 24.1 Å². The number of nitrogens with zero attached hydrogens (tertiary/aromatic N) is 5. The van der Waals surface area contributed by atoms with Crippen LogP contribution in [0.4, 0.5) is 4.39 Å². The third-order valence-corrected chi connectivity index (χ3v) is 5.91. The first-order valence-corrected chi connectivity index (χ1v) is 10.5. The van der Waals surface area contributed by atoms with Gasteiger partial charge in [-0.15, -0.1) is 0 Å². The molecule has 0 spiro atoms. The van der Waals surface area contributed by atoms with Crippen LogP contribution in [0.1, 0.15) is 22.7 Å². The molecule has 5 rings (SSSR count). The summed E-state index contributed by atoms with van der Waals surface area (Å²) in [7, 11) is 1.79. The summed E-state index contributed by atoms with van der Waals surface area (Å²) in [6.07, 6.45) is 0. The molecule has 2 aromatic heterocycles. The van der Waals surface area contributed by atoms with Gasteiger partial charge >= 0.3 is 0 Å². The molecular weight excluding hydrogens is 443 g/mol. The number of aromatic nitrogens is 4. The highest BCUT2D eigenvalue weighted by Gasteiger charge is 2.40. The van der Waals surface area contributed by atoms with Crippen molar-refractivity contribution in [1.82, 2.24) is 19.6 Å². The van der Waals surface area contributed by atoms with Gasteiger partial charge in [0, 0.05) is 17.6 Å². The number of hydrogen-bond donors (Lipinski definition) is 1. The zero-order valence-corrected chi connectivity index (χ0v) is 18.5. The summed E-state index contributed by atoms with van der Waals surface area (Å²) in [5.74, 6) is -1.31. The Morgan fingerprint density at radius 1 is 1.12 bits per heavy atom. The zero-order valence-electron chi connectivity index (χ0n) is 17.8. The molecule has 2 N–H and O–H groups in total. The monoisotopic (exact) mass is 460 g/mol. The Morgan fingerprint density at radius 2 is 1.88 bits per heavy atom. The summed E-state index contributed by atoms with van der Waals surface area (Å²) in [5.41, 5.74) is 9.51. The van der Waals surface area contributed by atoms with Crippen molar-refractivity contribution >= 4 is 11.6 Å². The molecule has 0 amide bonds. The predicted octanol–water partition coefficient (Wildman–Crippen LogP) is 4.59. The van der Waals surface area contributed by atoms with Gasteiger partial charge in [0.25, 0.3) is 0 Å². The van der Waals surface area contributed by atoms with Crippen molar-refractivity contribution < 1.29 is 9.13 Å². The molecular formula is C24H18ClFN6O. The molecule has 4 aromatic rings. The van der Waals surface area contributed by atoms with Crippen molar-refractivity contribution in [2.75, 3.05) is 0 Å². The fourth-order valence-corrected chi connectivity index (χ4v) is 4.45. The fourth-order valence-electron chi connectivity index (χ4n) is 4.18. The van der Waals surface area contributed by atoms with E-state index in [1.165, 1.54) is 12.1 Å². The van der Waals surface area contributed by atoms with Crippen molar-refractivity contribution in [2.45, 2.75) is 12.8 Å². The van der Waals surface area contributed by atoms with Gasteiger partial charge in [-0.3, -0.25) is 4.68 Å². The Morgan fingerprint density at radius 3 is 2.52 bits per heavy atom. The van der Waals surface area contributed by atoms with Crippen LogP contribution in [0.2, 0.25) is 5.02 Å². The van der Waals surface area contributed by atoms with E-state index in [0.717, 1.165) is 5.69 Å². The SMILES string of the molecule is Cc1cc(-c2nn(-c3ccccc3)c3c2C(c2c(F)cccc2Cl)C(C#N)=C(N)O3)n(C)n1. The fraction of sp³-hybridized carbons (Fsp3) is 0.125. The minimum atomic E-state index is -0.921. The third-order valence-electron chi connectivity index (χ3n) is 5.58. The lowest BCUT2D eigenvalue weighted by atomic mass is 9.83. The van der Waals surface area contributed by atoms with E-state index in [-0.39, 0.29) is 27.9 Å². The normalized spacial score (nSPS) is 15.2. The van der Waals surface area contributed by atoms with Crippen LogP contribution >= 0.6 is 11.6 Å².